The predicted molar refractivity (Wildman–Crippen MR) is 148 cm³/mol. The van der Waals surface area contributed by atoms with Crippen LogP contribution in [0.15, 0.2) is 83.1 Å². The normalized spacial score (nSPS) is 17.9. The topological polar surface area (TPSA) is 75.4 Å². The molecule has 0 fully saturated rings. The van der Waals surface area contributed by atoms with E-state index < -0.39 is 11.6 Å². The van der Waals surface area contributed by atoms with Gasteiger partial charge in [-0.1, -0.05) is 42.5 Å². The fourth-order valence-electron chi connectivity index (χ4n) is 6.22. The minimum absolute atomic E-state index is 0.167. The van der Waals surface area contributed by atoms with Crippen LogP contribution >= 0.6 is 0 Å². The SMILES string of the molecule is CNC(=O)[C@H]1CC2=C(Cc3ccccc32)C(C)(C)N1C(=O)c1occc1CCc1ccc2cccnc2c1. The summed E-state index contributed by atoms with van der Waals surface area (Å²) in [6, 6.07) is 19.8. The Morgan fingerprint density at radius 2 is 1.92 bits per heavy atom. The van der Waals surface area contributed by atoms with Gasteiger partial charge in [0.15, 0.2) is 5.76 Å². The van der Waals surface area contributed by atoms with Gasteiger partial charge in [0.05, 0.1) is 17.3 Å². The summed E-state index contributed by atoms with van der Waals surface area (Å²) < 4.78 is 5.82. The zero-order valence-corrected chi connectivity index (χ0v) is 22.0. The van der Waals surface area contributed by atoms with E-state index >= 15 is 0 Å². The van der Waals surface area contributed by atoms with Crippen molar-refractivity contribution in [2.75, 3.05) is 7.05 Å². The van der Waals surface area contributed by atoms with Gasteiger partial charge < -0.3 is 14.6 Å². The lowest BCUT2D eigenvalue weighted by atomic mass is 9.79. The largest absolute Gasteiger partial charge is 0.459 e. The van der Waals surface area contributed by atoms with Gasteiger partial charge in [-0.05, 0) is 79.1 Å². The Morgan fingerprint density at radius 3 is 2.76 bits per heavy atom. The lowest BCUT2D eigenvalue weighted by Gasteiger charge is -2.47. The molecule has 1 aliphatic carbocycles. The average molecular weight is 506 g/mol. The van der Waals surface area contributed by atoms with E-state index in [4.69, 9.17) is 4.42 Å². The highest BCUT2D eigenvalue weighted by molar-refractivity contribution is 6.00. The van der Waals surface area contributed by atoms with Gasteiger partial charge in [0.1, 0.15) is 6.04 Å². The predicted octanol–water partition coefficient (Wildman–Crippen LogP) is 5.36. The van der Waals surface area contributed by atoms with Crippen LogP contribution in [-0.4, -0.2) is 40.3 Å². The van der Waals surface area contributed by atoms with Gasteiger partial charge >= 0.3 is 0 Å². The molecule has 0 spiro atoms. The van der Waals surface area contributed by atoms with E-state index in [2.05, 4.69) is 40.6 Å². The third-order valence-electron chi connectivity index (χ3n) is 8.19. The lowest BCUT2D eigenvalue weighted by molar-refractivity contribution is -0.126. The number of hydrogen-bond donors (Lipinski definition) is 1. The van der Waals surface area contributed by atoms with Crippen LogP contribution < -0.4 is 5.32 Å². The molecule has 0 saturated heterocycles. The van der Waals surface area contributed by atoms with E-state index in [1.165, 1.54) is 22.3 Å². The zero-order valence-electron chi connectivity index (χ0n) is 22.0. The Bertz CT molecular complexity index is 1600. The second-order valence-electron chi connectivity index (χ2n) is 10.7. The highest BCUT2D eigenvalue weighted by atomic mass is 16.3. The summed E-state index contributed by atoms with van der Waals surface area (Å²) in [4.78, 5) is 33.6. The van der Waals surface area contributed by atoms with Crippen molar-refractivity contribution in [3.05, 3.63) is 107 Å². The van der Waals surface area contributed by atoms with Crippen molar-refractivity contribution in [3.8, 4) is 0 Å². The molecule has 192 valence electrons. The lowest BCUT2D eigenvalue weighted by Crippen LogP contribution is -2.61. The minimum atomic E-state index is -0.658. The number of fused-ring (bicyclic) bond motifs is 3. The van der Waals surface area contributed by atoms with Crippen molar-refractivity contribution in [2.24, 2.45) is 0 Å². The quantitative estimate of drug-likeness (QED) is 0.396. The monoisotopic (exact) mass is 505 g/mol. The first-order valence-corrected chi connectivity index (χ1v) is 13.1. The molecule has 1 N–H and O–H groups in total. The molecule has 2 amide bonds. The number of amides is 2. The van der Waals surface area contributed by atoms with E-state index in [-0.39, 0.29) is 11.8 Å². The van der Waals surface area contributed by atoms with Crippen LogP contribution in [0.4, 0.5) is 0 Å². The van der Waals surface area contributed by atoms with Crippen LogP contribution in [0.25, 0.3) is 16.5 Å². The maximum Gasteiger partial charge on any atom is 0.291 e. The van der Waals surface area contributed by atoms with Crippen LogP contribution in [0.1, 0.15) is 53.1 Å². The van der Waals surface area contributed by atoms with Gasteiger partial charge in [-0.3, -0.25) is 14.6 Å². The van der Waals surface area contributed by atoms with Crippen molar-refractivity contribution < 1.29 is 14.0 Å². The van der Waals surface area contributed by atoms with Crippen molar-refractivity contribution in [3.63, 3.8) is 0 Å². The van der Waals surface area contributed by atoms with Crippen LogP contribution in [0, 0.1) is 0 Å². The molecule has 38 heavy (non-hydrogen) atoms. The molecule has 6 nitrogen and oxygen atoms in total. The van der Waals surface area contributed by atoms with Gasteiger partial charge in [-0.15, -0.1) is 0 Å². The highest BCUT2D eigenvalue weighted by Crippen LogP contribution is 2.48. The third-order valence-corrected chi connectivity index (χ3v) is 8.19. The molecule has 0 saturated carbocycles. The average Bonchev–Trinajstić information content (AvgIpc) is 3.56. The number of likely N-dealkylation sites (N-methyl/N-ethyl adjacent to an activating group) is 1. The second kappa shape index (κ2) is 9.28. The maximum absolute atomic E-state index is 14.2. The molecular formula is C32H31N3O3. The molecule has 0 unspecified atom stereocenters. The molecule has 6 rings (SSSR count). The first-order valence-electron chi connectivity index (χ1n) is 13.1. The fraction of sp³-hybridized carbons (Fsp3) is 0.281. The molecule has 1 aliphatic heterocycles. The molecule has 6 heteroatoms. The third kappa shape index (κ3) is 3.92. The van der Waals surface area contributed by atoms with Crippen LogP contribution in [0.2, 0.25) is 0 Å². The van der Waals surface area contributed by atoms with Gasteiger partial charge in [0.2, 0.25) is 5.91 Å². The van der Waals surface area contributed by atoms with E-state index in [9.17, 15) is 9.59 Å². The number of pyridine rings is 1. The number of rotatable bonds is 5. The minimum Gasteiger partial charge on any atom is -0.459 e. The Balaban J connectivity index is 1.31. The number of carbonyl (C=O) groups is 2. The van der Waals surface area contributed by atoms with Crippen LogP contribution in [0.5, 0.6) is 0 Å². The highest BCUT2D eigenvalue weighted by Gasteiger charge is 2.49. The number of aromatic nitrogens is 1. The molecule has 2 aromatic carbocycles. The number of furan rings is 1. The summed E-state index contributed by atoms with van der Waals surface area (Å²) in [7, 11) is 1.63. The fourth-order valence-corrected chi connectivity index (χ4v) is 6.22. The standard InChI is InChI=1S/C32H31N3O3/c1-32(2)26-18-23-7-4-5-9-24(23)25(26)19-28(30(36)33-3)35(32)31(37)29-22(14-16-38-29)13-11-20-10-12-21-8-6-15-34-27(21)17-20/h4-10,12,14-17,28H,11,13,18-19H2,1-3H3,(H,33,36)/t28-/m1/s1. The number of benzene rings is 2. The van der Waals surface area contributed by atoms with Crippen molar-refractivity contribution in [2.45, 2.75) is 51.1 Å². The molecule has 1 atom stereocenters. The Hall–Kier alpha value is -4.19. The molecule has 2 aromatic heterocycles. The smallest absolute Gasteiger partial charge is 0.291 e. The zero-order chi connectivity index (χ0) is 26.4. The molecule has 0 bridgehead atoms. The summed E-state index contributed by atoms with van der Waals surface area (Å²) in [6.07, 6.45) is 6.04. The molecular weight excluding hydrogens is 474 g/mol. The van der Waals surface area contributed by atoms with E-state index in [0.717, 1.165) is 34.9 Å². The molecule has 3 heterocycles. The summed E-state index contributed by atoms with van der Waals surface area (Å²) >= 11 is 0. The van der Waals surface area contributed by atoms with Crippen molar-refractivity contribution >= 4 is 28.3 Å². The van der Waals surface area contributed by atoms with Crippen LogP contribution in [-0.2, 0) is 24.1 Å². The first-order chi connectivity index (χ1) is 18.4. The van der Waals surface area contributed by atoms with E-state index in [0.29, 0.717) is 18.6 Å². The Kier molecular flexibility index (Phi) is 5.90. The summed E-state index contributed by atoms with van der Waals surface area (Å²) in [5.74, 6) is -0.101. The number of nitrogens with zero attached hydrogens (tertiary/aromatic N) is 2. The molecule has 2 aliphatic rings. The van der Waals surface area contributed by atoms with Gasteiger partial charge in [-0.25, -0.2) is 0 Å². The number of carbonyl (C=O) groups excluding carboxylic acids is 2. The van der Waals surface area contributed by atoms with Crippen LogP contribution in [0.3, 0.4) is 0 Å². The second-order valence-corrected chi connectivity index (χ2v) is 10.7. The summed E-state index contributed by atoms with van der Waals surface area (Å²) in [6.45, 7) is 4.10. The van der Waals surface area contributed by atoms with Gasteiger partial charge in [0, 0.05) is 30.6 Å². The Labute approximate surface area is 222 Å². The first kappa shape index (κ1) is 24.2. The van der Waals surface area contributed by atoms with Crippen molar-refractivity contribution in [1.82, 2.24) is 15.2 Å². The van der Waals surface area contributed by atoms with E-state index in [1.807, 2.05) is 44.2 Å². The molecule has 0 radical (unpaired) electrons. The number of hydrogen-bond acceptors (Lipinski definition) is 4. The number of aryl methyl sites for hydroxylation is 2. The van der Waals surface area contributed by atoms with Gasteiger partial charge in [-0.2, -0.15) is 0 Å². The van der Waals surface area contributed by atoms with Crippen molar-refractivity contribution in [1.29, 1.82) is 0 Å². The summed E-state index contributed by atoms with van der Waals surface area (Å²) in [5.41, 5.74) is 7.12. The Morgan fingerprint density at radius 1 is 1.08 bits per heavy atom. The summed E-state index contributed by atoms with van der Waals surface area (Å²) in [5, 5.41) is 3.89. The maximum atomic E-state index is 14.2. The van der Waals surface area contributed by atoms with Gasteiger partial charge in [0.25, 0.3) is 5.91 Å². The van der Waals surface area contributed by atoms with E-state index in [1.54, 1.807) is 24.4 Å². The number of nitrogens with one attached hydrogen (secondary N) is 1. The molecule has 4 aromatic rings.